The third-order valence-corrected chi connectivity index (χ3v) is 5.03. The van der Waals surface area contributed by atoms with Gasteiger partial charge in [-0.1, -0.05) is 18.0 Å². The van der Waals surface area contributed by atoms with Crippen LogP contribution in [0.25, 0.3) is 0 Å². The molecule has 2 aliphatic rings. The predicted molar refractivity (Wildman–Crippen MR) is 80.5 cm³/mol. The summed E-state index contributed by atoms with van der Waals surface area (Å²) >= 11 is 9.66. The lowest BCUT2D eigenvalue weighted by Gasteiger charge is -2.45. The number of benzene rings is 1. The molecule has 2 heterocycles. The van der Waals surface area contributed by atoms with E-state index in [1.165, 1.54) is 37.9 Å². The van der Waals surface area contributed by atoms with Crippen LogP contribution in [0.15, 0.2) is 16.6 Å². The minimum Gasteiger partial charge on any atom is -0.367 e. The Morgan fingerprint density at radius 3 is 2.84 bits per heavy atom. The Hall–Kier alpha value is -0.320. The summed E-state index contributed by atoms with van der Waals surface area (Å²) in [5.74, 6) is -0.295. The van der Waals surface area contributed by atoms with Gasteiger partial charge in [-0.3, -0.25) is 4.90 Å². The fourth-order valence-corrected chi connectivity index (χ4v) is 4.32. The molecule has 1 unspecified atom stereocenters. The molecule has 1 aromatic carbocycles. The summed E-state index contributed by atoms with van der Waals surface area (Å²) in [6.45, 7) is 4.24. The second-order valence-corrected chi connectivity index (χ2v) is 6.61. The van der Waals surface area contributed by atoms with Crippen LogP contribution >= 0.6 is 27.5 Å². The molecule has 2 nitrogen and oxygen atoms in total. The molecule has 0 N–H and O–H groups in total. The number of anilines is 1. The summed E-state index contributed by atoms with van der Waals surface area (Å²) < 4.78 is 14.1. The Kier molecular flexibility index (Phi) is 4.01. The highest BCUT2D eigenvalue weighted by Gasteiger charge is 2.30. The Morgan fingerprint density at radius 1 is 1.21 bits per heavy atom. The summed E-state index contributed by atoms with van der Waals surface area (Å²) in [6.07, 6.45) is 3.89. The Morgan fingerprint density at radius 2 is 2.05 bits per heavy atom. The van der Waals surface area contributed by atoms with Crippen LogP contribution in [0.3, 0.4) is 0 Å². The summed E-state index contributed by atoms with van der Waals surface area (Å²) in [7, 11) is 0. The summed E-state index contributed by atoms with van der Waals surface area (Å²) in [5.41, 5.74) is 0.938. The lowest BCUT2D eigenvalue weighted by atomic mass is 9.99. The zero-order chi connectivity index (χ0) is 13.4. The van der Waals surface area contributed by atoms with Crippen molar-refractivity contribution in [3.8, 4) is 0 Å². The van der Waals surface area contributed by atoms with Gasteiger partial charge >= 0.3 is 0 Å². The molecule has 1 aromatic rings. The van der Waals surface area contributed by atoms with Gasteiger partial charge in [-0.05, 0) is 47.4 Å². The van der Waals surface area contributed by atoms with Crippen LogP contribution in [0.4, 0.5) is 10.1 Å². The highest BCUT2D eigenvalue weighted by Crippen LogP contribution is 2.36. The van der Waals surface area contributed by atoms with Crippen molar-refractivity contribution in [2.45, 2.75) is 25.3 Å². The number of piperazine rings is 1. The van der Waals surface area contributed by atoms with Gasteiger partial charge in [-0.2, -0.15) is 0 Å². The SMILES string of the molecule is Fc1cc(Cl)c(N2CCN3CCCCC3C2)c(Br)c1. The summed E-state index contributed by atoms with van der Waals surface area (Å²) in [6, 6.07) is 3.51. The minimum atomic E-state index is -0.295. The van der Waals surface area contributed by atoms with Crippen molar-refractivity contribution in [3.05, 3.63) is 27.4 Å². The Balaban J connectivity index is 1.83. The van der Waals surface area contributed by atoms with Crippen molar-refractivity contribution in [3.63, 3.8) is 0 Å². The van der Waals surface area contributed by atoms with Crippen LogP contribution in [-0.4, -0.2) is 37.1 Å². The highest BCUT2D eigenvalue weighted by atomic mass is 79.9. The van der Waals surface area contributed by atoms with Crippen molar-refractivity contribution in [2.24, 2.45) is 0 Å². The first-order chi connectivity index (χ1) is 9.15. The first-order valence-electron chi connectivity index (χ1n) is 6.78. The summed E-state index contributed by atoms with van der Waals surface area (Å²) in [4.78, 5) is 4.86. The van der Waals surface area contributed by atoms with Gasteiger partial charge in [0.05, 0.1) is 10.7 Å². The number of hydrogen-bond donors (Lipinski definition) is 0. The second-order valence-electron chi connectivity index (χ2n) is 5.35. The van der Waals surface area contributed by atoms with Gasteiger partial charge in [-0.25, -0.2) is 4.39 Å². The molecule has 0 amide bonds. The molecule has 0 aromatic heterocycles. The van der Waals surface area contributed by atoms with Crippen molar-refractivity contribution in [2.75, 3.05) is 31.1 Å². The van der Waals surface area contributed by atoms with E-state index in [-0.39, 0.29) is 5.82 Å². The number of nitrogens with zero attached hydrogens (tertiary/aromatic N) is 2. The zero-order valence-electron chi connectivity index (χ0n) is 10.7. The topological polar surface area (TPSA) is 6.48 Å². The molecule has 0 saturated carbocycles. The van der Waals surface area contributed by atoms with Crippen molar-refractivity contribution in [1.29, 1.82) is 0 Å². The average Bonchev–Trinajstić information content (AvgIpc) is 2.37. The maximum Gasteiger partial charge on any atom is 0.125 e. The van der Waals surface area contributed by atoms with Crippen molar-refractivity contribution in [1.82, 2.24) is 4.90 Å². The average molecular weight is 348 g/mol. The number of piperidine rings is 1. The molecule has 0 bridgehead atoms. The lowest BCUT2D eigenvalue weighted by Crippen LogP contribution is -2.55. The smallest absolute Gasteiger partial charge is 0.125 e. The third kappa shape index (κ3) is 2.76. The van der Waals surface area contributed by atoms with E-state index in [1.54, 1.807) is 0 Å². The van der Waals surface area contributed by atoms with E-state index in [0.29, 0.717) is 11.1 Å². The maximum absolute atomic E-state index is 13.3. The molecule has 0 aliphatic carbocycles. The van der Waals surface area contributed by atoms with E-state index in [0.717, 1.165) is 29.8 Å². The maximum atomic E-state index is 13.3. The first kappa shape index (κ1) is 13.7. The monoisotopic (exact) mass is 346 g/mol. The largest absolute Gasteiger partial charge is 0.367 e. The number of halogens is 3. The fraction of sp³-hybridized carbons (Fsp3) is 0.571. The lowest BCUT2D eigenvalue weighted by molar-refractivity contribution is 0.133. The highest BCUT2D eigenvalue weighted by molar-refractivity contribution is 9.10. The molecule has 19 heavy (non-hydrogen) atoms. The van der Waals surface area contributed by atoms with Gasteiger partial charge in [0, 0.05) is 30.1 Å². The Bertz CT molecular complexity index is 460. The quantitative estimate of drug-likeness (QED) is 0.760. The third-order valence-electron chi connectivity index (χ3n) is 4.14. The number of fused-ring (bicyclic) bond motifs is 1. The van der Waals surface area contributed by atoms with E-state index >= 15 is 0 Å². The van der Waals surface area contributed by atoms with Crippen molar-refractivity contribution < 1.29 is 4.39 Å². The van der Waals surface area contributed by atoms with Gasteiger partial charge in [0.2, 0.25) is 0 Å². The molecule has 2 fully saturated rings. The molecular weight excluding hydrogens is 331 g/mol. The summed E-state index contributed by atoms with van der Waals surface area (Å²) in [5, 5.41) is 0.496. The van der Waals surface area contributed by atoms with Crippen LogP contribution in [0.5, 0.6) is 0 Å². The number of rotatable bonds is 1. The van der Waals surface area contributed by atoms with E-state index < -0.39 is 0 Å². The van der Waals surface area contributed by atoms with Crippen LogP contribution in [0.1, 0.15) is 19.3 Å². The molecule has 0 spiro atoms. The molecule has 104 valence electrons. The Labute approximate surface area is 126 Å². The fourth-order valence-electron chi connectivity index (χ4n) is 3.20. The van der Waals surface area contributed by atoms with Crippen molar-refractivity contribution >= 4 is 33.2 Å². The molecule has 3 rings (SSSR count). The van der Waals surface area contributed by atoms with Crippen LogP contribution in [0.2, 0.25) is 5.02 Å². The second kappa shape index (κ2) is 5.58. The van der Waals surface area contributed by atoms with Crippen LogP contribution in [-0.2, 0) is 0 Å². The first-order valence-corrected chi connectivity index (χ1v) is 7.96. The molecular formula is C14H17BrClFN2. The molecule has 5 heteroatoms. The van der Waals surface area contributed by atoms with Crippen LogP contribution in [0, 0.1) is 5.82 Å². The molecule has 2 saturated heterocycles. The predicted octanol–water partition coefficient (Wildman–Crippen LogP) is 3.92. The van der Waals surface area contributed by atoms with E-state index in [9.17, 15) is 4.39 Å². The van der Waals surface area contributed by atoms with E-state index in [1.807, 2.05) is 0 Å². The molecule has 2 aliphatic heterocycles. The minimum absolute atomic E-state index is 0.295. The van der Waals surface area contributed by atoms with Crippen LogP contribution < -0.4 is 4.90 Å². The number of hydrogen-bond acceptors (Lipinski definition) is 2. The zero-order valence-corrected chi connectivity index (χ0v) is 13.1. The van der Waals surface area contributed by atoms with Gasteiger partial charge in [-0.15, -0.1) is 0 Å². The molecule has 0 radical (unpaired) electrons. The van der Waals surface area contributed by atoms with Gasteiger partial charge in [0.15, 0.2) is 0 Å². The van der Waals surface area contributed by atoms with Gasteiger partial charge in [0.1, 0.15) is 5.82 Å². The normalized spacial score (nSPS) is 24.4. The van der Waals surface area contributed by atoms with E-state index in [2.05, 4.69) is 25.7 Å². The van der Waals surface area contributed by atoms with Gasteiger partial charge < -0.3 is 4.90 Å². The standard InChI is InChI=1S/C14H17BrClFN2/c15-12-7-10(17)8-13(16)14(12)19-6-5-18-4-2-1-3-11(18)9-19/h7-8,11H,1-6,9H2. The molecule has 1 atom stereocenters. The van der Waals surface area contributed by atoms with Gasteiger partial charge in [0.25, 0.3) is 0 Å². The van der Waals surface area contributed by atoms with E-state index in [4.69, 9.17) is 11.6 Å².